The van der Waals surface area contributed by atoms with E-state index < -0.39 is 23.4 Å². The SMILES string of the molecule is COCCCN1C(=O)C(Nc2ccc(F)c(F)c2)=C(c2ccc(C)cc2C)C1=O. The number of methoxy groups -OCH3 is 1. The van der Waals surface area contributed by atoms with Gasteiger partial charge < -0.3 is 10.1 Å². The zero-order chi connectivity index (χ0) is 21.1. The third-order valence-electron chi connectivity index (χ3n) is 4.74. The van der Waals surface area contributed by atoms with Crippen LogP contribution in [-0.2, 0) is 14.3 Å². The molecule has 0 spiro atoms. The Morgan fingerprint density at radius 2 is 1.76 bits per heavy atom. The van der Waals surface area contributed by atoms with Gasteiger partial charge in [-0.3, -0.25) is 14.5 Å². The fourth-order valence-corrected chi connectivity index (χ4v) is 3.32. The number of hydrogen-bond donors (Lipinski definition) is 1. The number of carbonyl (C=O) groups excluding carboxylic acids is 2. The number of nitrogens with zero attached hydrogens (tertiary/aromatic N) is 1. The number of benzene rings is 2. The fraction of sp³-hybridized carbons (Fsp3) is 0.273. The summed E-state index contributed by atoms with van der Waals surface area (Å²) in [5, 5.41) is 2.83. The van der Waals surface area contributed by atoms with Crippen LogP contribution in [0.1, 0.15) is 23.1 Å². The minimum atomic E-state index is -1.04. The van der Waals surface area contributed by atoms with Crippen molar-refractivity contribution in [3.05, 3.63) is 70.4 Å². The molecule has 0 aliphatic carbocycles. The molecule has 0 unspecified atom stereocenters. The molecule has 0 bridgehead atoms. The standard InChI is InChI=1S/C22H22F2N2O3/c1-13-5-7-16(14(2)11-13)19-20(25-15-6-8-17(23)18(24)12-15)22(28)26(21(19)27)9-4-10-29-3/h5-8,11-12,25H,4,9-10H2,1-3H3. The number of ether oxygens (including phenoxy) is 1. The Balaban J connectivity index is 2.05. The van der Waals surface area contributed by atoms with Gasteiger partial charge in [-0.2, -0.15) is 0 Å². The molecule has 0 radical (unpaired) electrons. The first-order valence-electron chi connectivity index (χ1n) is 9.22. The highest BCUT2D eigenvalue weighted by Gasteiger charge is 2.39. The van der Waals surface area contributed by atoms with Crippen LogP contribution in [0.4, 0.5) is 14.5 Å². The van der Waals surface area contributed by atoms with Crippen molar-refractivity contribution in [3.8, 4) is 0 Å². The number of rotatable bonds is 7. The van der Waals surface area contributed by atoms with Gasteiger partial charge in [0, 0.05) is 32.0 Å². The van der Waals surface area contributed by atoms with Crippen LogP contribution in [-0.4, -0.2) is 37.0 Å². The second kappa shape index (κ2) is 8.53. The predicted molar refractivity (Wildman–Crippen MR) is 106 cm³/mol. The molecule has 0 saturated carbocycles. The molecule has 0 atom stereocenters. The first-order valence-corrected chi connectivity index (χ1v) is 9.22. The number of carbonyl (C=O) groups is 2. The summed E-state index contributed by atoms with van der Waals surface area (Å²) in [5.41, 5.74) is 2.93. The Morgan fingerprint density at radius 3 is 2.41 bits per heavy atom. The number of hydrogen-bond acceptors (Lipinski definition) is 4. The number of aryl methyl sites for hydroxylation is 2. The zero-order valence-electron chi connectivity index (χ0n) is 16.5. The molecule has 5 nitrogen and oxygen atoms in total. The van der Waals surface area contributed by atoms with Crippen LogP contribution in [0.5, 0.6) is 0 Å². The minimum absolute atomic E-state index is 0.0466. The zero-order valence-corrected chi connectivity index (χ0v) is 16.5. The van der Waals surface area contributed by atoms with Gasteiger partial charge in [0.15, 0.2) is 11.6 Å². The lowest BCUT2D eigenvalue weighted by Gasteiger charge is -2.15. The number of amides is 2. The van der Waals surface area contributed by atoms with Crippen LogP contribution < -0.4 is 5.32 Å². The summed E-state index contributed by atoms with van der Waals surface area (Å²) in [5.74, 6) is -2.97. The van der Waals surface area contributed by atoms with E-state index in [4.69, 9.17) is 4.74 Å². The van der Waals surface area contributed by atoms with E-state index in [1.54, 1.807) is 13.2 Å². The minimum Gasteiger partial charge on any atom is -0.385 e. The Bertz CT molecular complexity index is 1000. The lowest BCUT2D eigenvalue weighted by atomic mass is 9.97. The summed E-state index contributed by atoms with van der Waals surface area (Å²) in [7, 11) is 1.54. The van der Waals surface area contributed by atoms with E-state index in [2.05, 4.69) is 5.32 Å². The van der Waals surface area contributed by atoms with Crippen LogP contribution in [0, 0.1) is 25.5 Å². The summed E-state index contributed by atoms with van der Waals surface area (Å²) < 4.78 is 31.9. The van der Waals surface area contributed by atoms with Gasteiger partial charge in [0.05, 0.1) is 5.57 Å². The Labute approximate surface area is 168 Å². The van der Waals surface area contributed by atoms with Gasteiger partial charge in [0.1, 0.15) is 5.70 Å². The van der Waals surface area contributed by atoms with Crippen molar-refractivity contribution in [3.63, 3.8) is 0 Å². The third kappa shape index (κ3) is 4.19. The van der Waals surface area contributed by atoms with Crippen LogP contribution in [0.2, 0.25) is 0 Å². The van der Waals surface area contributed by atoms with Crippen molar-refractivity contribution in [2.75, 3.05) is 25.6 Å². The average Bonchev–Trinajstić information content (AvgIpc) is 2.89. The van der Waals surface area contributed by atoms with E-state index in [0.29, 0.717) is 18.6 Å². The lowest BCUT2D eigenvalue weighted by Crippen LogP contribution is -2.34. The second-order valence-corrected chi connectivity index (χ2v) is 6.93. The Kier molecular flexibility index (Phi) is 6.08. The van der Waals surface area contributed by atoms with Crippen molar-refractivity contribution >= 4 is 23.1 Å². The van der Waals surface area contributed by atoms with Gasteiger partial charge in [-0.1, -0.05) is 23.8 Å². The molecule has 2 aromatic rings. The van der Waals surface area contributed by atoms with Gasteiger partial charge in [0.2, 0.25) is 0 Å². The topological polar surface area (TPSA) is 58.6 Å². The van der Waals surface area contributed by atoms with E-state index in [9.17, 15) is 18.4 Å². The van der Waals surface area contributed by atoms with Gasteiger partial charge in [0.25, 0.3) is 11.8 Å². The van der Waals surface area contributed by atoms with Gasteiger partial charge in [-0.15, -0.1) is 0 Å². The van der Waals surface area contributed by atoms with Crippen LogP contribution in [0.3, 0.4) is 0 Å². The molecule has 1 aliphatic rings. The lowest BCUT2D eigenvalue weighted by molar-refractivity contribution is -0.137. The van der Waals surface area contributed by atoms with Crippen molar-refractivity contribution in [1.82, 2.24) is 4.90 Å². The van der Waals surface area contributed by atoms with E-state index in [1.807, 2.05) is 26.0 Å². The highest BCUT2D eigenvalue weighted by atomic mass is 19.2. The van der Waals surface area contributed by atoms with Crippen molar-refractivity contribution in [2.24, 2.45) is 0 Å². The molecule has 0 aromatic heterocycles. The van der Waals surface area contributed by atoms with Crippen LogP contribution >= 0.6 is 0 Å². The third-order valence-corrected chi connectivity index (χ3v) is 4.74. The molecule has 1 aliphatic heterocycles. The molecule has 1 N–H and O–H groups in total. The van der Waals surface area contributed by atoms with Crippen molar-refractivity contribution in [2.45, 2.75) is 20.3 Å². The van der Waals surface area contributed by atoms with Crippen molar-refractivity contribution < 1.29 is 23.1 Å². The molecular weight excluding hydrogens is 378 g/mol. The Morgan fingerprint density at radius 1 is 1.00 bits per heavy atom. The fourth-order valence-electron chi connectivity index (χ4n) is 3.32. The van der Waals surface area contributed by atoms with E-state index in [-0.39, 0.29) is 23.5 Å². The monoisotopic (exact) mass is 400 g/mol. The molecule has 152 valence electrons. The highest BCUT2D eigenvalue weighted by molar-refractivity contribution is 6.36. The maximum absolute atomic E-state index is 13.6. The molecule has 1 heterocycles. The van der Waals surface area contributed by atoms with Gasteiger partial charge in [-0.25, -0.2) is 8.78 Å². The number of anilines is 1. The normalized spacial score (nSPS) is 14.2. The Hall–Kier alpha value is -3.06. The molecule has 2 amide bonds. The van der Waals surface area contributed by atoms with E-state index >= 15 is 0 Å². The summed E-state index contributed by atoms with van der Waals surface area (Å²) >= 11 is 0. The van der Waals surface area contributed by atoms with Crippen LogP contribution in [0.25, 0.3) is 5.57 Å². The maximum Gasteiger partial charge on any atom is 0.278 e. The molecule has 7 heteroatoms. The molecule has 0 fully saturated rings. The summed E-state index contributed by atoms with van der Waals surface area (Å²) in [6, 6.07) is 8.80. The molecule has 29 heavy (non-hydrogen) atoms. The van der Waals surface area contributed by atoms with Crippen molar-refractivity contribution in [1.29, 1.82) is 0 Å². The molecule has 0 saturated heterocycles. The average molecular weight is 400 g/mol. The summed E-state index contributed by atoms with van der Waals surface area (Å²) in [6.07, 6.45) is 0.493. The number of nitrogens with one attached hydrogen (secondary N) is 1. The maximum atomic E-state index is 13.6. The summed E-state index contributed by atoms with van der Waals surface area (Å²) in [4.78, 5) is 27.3. The largest absolute Gasteiger partial charge is 0.385 e. The molecule has 3 rings (SSSR count). The van der Waals surface area contributed by atoms with E-state index in [1.165, 1.54) is 6.07 Å². The smallest absolute Gasteiger partial charge is 0.278 e. The quantitative estimate of drug-likeness (QED) is 0.567. The van der Waals surface area contributed by atoms with Gasteiger partial charge in [-0.05, 0) is 43.5 Å². The van der Waals surface area contributed by atoms with Gasteiger partial charge >= 0.3 is 0 Å². The van der Waals surface area contributed by atoms with E-state index in [0.717, 1.165) is 28.2 Å². The number of halogens is 2. The summed E-state index contributed by atoms with van der Waals surface area (Å²) in [6.45, 7) is 4.39. The van der Waals surface area contributed by atoms with Crippen LogP contribution in [0.15, 0.2) is 42.1 Å². The highest BCUT2D eigenvalue weighted by Crippen LogP contribution is 2.32. The first kappa shape index (κ1) is 20.7. The molecule has 2 aromatic carbocycles. The number of imide groups is 1. The first-order chi connectivity index (χ1) is 13.8. The second-order valence-electron chi connectivity index (χ2n) is 6.93. The molecular formula is C22H22F2N2O3. The predicted octanol–water partition coefficient (Wildman–Crippen LogP) is 3.81.